The van der Waals surface area contributed by atoms with Crippen molar-refractivity contribution in [3.8, 4) is 0 Å². The van der Waals surface area contributed by atoms with Crippen LogP contribution in [-0.4, -0.2) is 13.0 Å². The van der Waals surface area contributed by atoms with E-state index < -0.39 is 0 Å². The van der Waals surface area contributed by atoms with Gasteiger partial charge in [0.15, 0.2) is 0 Å². The Kier molecular flexibility index (Phi) is 4.81. The molecule has 19 heavy (non-hydrogen) atoms. The molecule has 1 heterocycles. The van der Waals surface area contributed by atoms with Gasteiger partial charge in [0.1, 0.15) is 0 Å². The number of rotatable bonds is 3. The summed E-state index contributed by atoms with van der Waals surface area (Å²) in [7, 11) is 1.79. The summed E-state index contributed by atoms with van der Waals surface area (Å²) in [6, 6.07) is 9.90. The normalized spacial score (nSPS) is 10.5. The average Bonchev–Trinajstić information content (AvgIpc) is 2.76. The van der Waals surface area contributed by atoms with Crippen molar-refractivity contribution < 1.29 is 4.79 Å². The van der Waals surface area contributed by atoms with Crippen LogP contribution in [0, 0.1) is 0 Å². The molecule has 2 rings (SSSR count). The monoisotopic (exact) mass is 401 g/mol. The lowest BCUT2D eigenvalue weighted by molar-refractivity contribution is 0.0993. The minimum atomic E-state index is -0.0157. The summed E-state index contributed by atoms with van der Waals surface area (Å²) in [6.07, 6.45) is 1.00. The first-order valence-electron chi connectivity index (χ1n) is 5.84. The van der Waals surface area contributed by atoms with E-state index in [1.54, 1.807) is 11.9 Å². The average molecular weight is 403 g/mol. The molecule has 0 radical (unpaired) electrons. The number of carbonyl (C=O) groups excluding carboxylic acids is 1. The SMILES string of the molecule is CCc1ccc(N(C)C(=O)c2cc(Br)sc2Br)cc1. The van der Waals surface area contributed by atoms with Crippen LogP contribution in [-0.2, 0) is 6.42 Å². The zero-order valence-electron chi connectivity index (χ0n) is 10.6. The summed E-state index contributed by atoms with van der Waals surface area (Å²) in [5, 5.41) is 0. The molecule has 100 valence electrons. The maximum absolute atomic E-state index is 12.4. The quantitative estimate of drug-likeness (QED) is 0.698. The standard InChI is InChI=1S/C14H13Br2NOS/c1-3-9-4-6-10(7-5-9)17(2)14(18)11-8-12(15)19-13(11)16/h4-8H,3H2,1-2H3. The fourth-order valence-corrected chi connectivity index (χ4v) is 4.52. The van der Waals surface area contributed by atoms with Gasteiger partial charge in [-0.05, 0) is 62.0 Å². The van der Waals surface area contributed by atoms with Crippen molar-refractivity contribution in [1.82, 2.24) is 0 Å². The van der Waals surface area contributed by atoms with Crippen LogP contribution in [0.15, 0.2) is 37.9 Å². The molecule has 5 heteroatoms. The van der Waals surface area contributed by atoms with E-state index in [0.29, 0.717) is 5.56 Å². The molecule has 0 aliphatic rings. The van der Waals surface area contributed by atoms with Gasteiger partial charge in [-0.25, -0.2) is 0 Å². The highest BCUT2D eigenvalue weighted by Gasteiger charge is 2.18. The molecule has 2 nitrogen and oxygen atoms in total. The van der Waals surface area contributed by atoms with Crippen molar-refractivity contribution in [1.29, 1.82) is 0 Å². The molecule has 0 unspecified atom stereocenters. The summed E-state index contributed by atoms with van der Waals surface area (Å²) in [4.78, 5) is 14.1. The molecule has 0 aliphatic carbocycles. The Balaban J connectivity index is 2.25. The molecule has 1 aromatic heterocycles. The first-order chi connectivity index (χ1) is 9.02. The van der Waals surface area contributed by atoms with Crippen molar-refractivity contribution in [2.24, 2.45) is 0 Å². The fraction of sp³-hybridized carbons (Fsp3) is 0.214. The van der Waals surface area contributed by atoms with E-state index in [4.69, 9.17) is 0 Å². The van der Waals surface area contributed by atoms with E-state index in [0.717, 1.165) is 19.7 Å². The number of amides is 1. The second-order valence-corrected chi connectivity index (χ2v) is 7.87. The number of benzene rings is 1. The molecule has 0 bridgehead atoms. The molecular weight excluding hydrogens is 390 g/mol. The Hall–Kier alpha value is -0.650. The Morgan fingerprint density at radius 1 is 1.26 bits per heavy atom. The van der Waals surface area contributed by atoms with Gasteiger partial charge in [0.05, 0.1) is 13.1 Å². The Morgan fingerprint density at radius 3 is 2.37 bits per heavy atom. The zero-order valence-corrected chi connectivity index (χ0v) is 14.6. The van der Waals surface area contributed by atoms with Crippen LogP contribution in [0.2, 0.25) is 0 Å². The third kappa shape index (κ3) is 3.27. The van der Waals surface area contributed by atoms with E-state index in [2.05, 4.69) is 50.9 Å². The number of carbonyl (C=O) groups is 1. The number of halogens is 2. The smallest absolute Gasteiger partial charge is 0.260 e. The number of anilines is 1. The number of hydrogen-bond acceptors (Lipinski definition) is 2. The number of thiophene rings is 1. The largest absolute Gasteiger partial charge is 0.311 e. The Morgan fingerprint density at radius 2 is 1.89 bits per heavy atom. The van der Waals surface area contributed by atoms with Crippen molar-refractivity contribution in [3.63, 3.8) is 0 Å². The van der Waals surface area contributed by atoms with E-state index in [-0.39, 0.29) is 5.91 Å². The van der Waals surface area contributed by atoms with Gasteiger partial charge in [-0.2, -0.15) is 0 Å². The van der Waals surface area contributed by atoms with E-state index in [1.807, 2.05) is 18.2 Å². The van der Waals surface area contributed by atoms with E-state index in [9.17, 15) is 4.79 Å². The van der Waals surface area contributed by atoms with Gasteiger partial charge in [-0.3, -0.25) is 4.79 Å². The maximum atomic E-state index is 12.4. The van der Waals surface area contributed by atoms with Gasteiger partial charge >= 0.3 is 0 Å². The molecule has 0 atom stereocenters. The molecule has 0 saturated carbocycles. The number of hydrogen-bond donors (Lipinski definition) is 0. The van der Waals surface area contributed by atoms with Gasteiger partial charge in [0, 0.05) is 12.7 Å². The summed E-state index contributed by atoms with van der Waals surface area (Å²) in [5.74, 6) is -0.0157. The fourth-order valence-electron chi connectivity index (χ4n) is 1.74. The molecule has 1 aromatic carbocycles. The highest BCUT2D eigenvalue weighted by atomic mass is 79.9. The van der Waals surface area contributed by atoms with Crippen molar-refractivity contribution in [2.75, 3.05) is 11.9 Å². The van der Waals surface area contributed by atoms with Gasteiger partial charge in [-0.1, -0.05) is 19.1 Å². The summed E-state index contributed by atoms with van der Waals surface area (Å²) in [6.45, 7) is 2.11. The van der Waals surface area contributed by atoms with Gasteiger partial charge in [-0.15, -0.1) is 11.3 Å². The molecule has 0 saturated heterocycles. The zero-order chi connectivity index (χ0) is 14.0. The summed E-state index contributed by atoms with van der Waals surface area (Å²) >= 11 is 8.32. The molecule has 0 aliphatic heterocycles. The predicted octanol–water partition coefficient (Wildman–Crippen LogP) is 5.11. The molecule has 0 fully saturated rings. The minimum Gasteiger partial charge on any atom is -0.311 e. The first-order valence-corrected chi connectivity index (χ1v) is 8.25. The van der Waals surface area contributed by atoms with Crippen molar-refractivity contribution >= 4 is 54.8 Å². The molecule has 2 aromatic rings. The Labute approximate surface area is 133 Å². The second kappa shape index (κ2) is 6.20. The number of nitrogens with zero attached hydrogens (tertiary/aromatic N) is 1. The molecule has 1 amide bonds. The van der Waals surface area contributed by atoms with Crippen LogP contribution in [0.25, 0.3) is 0 Å². The third-order valence-corrected chi connectivity index (χ3v) is 5.26. The van der Waals surface area contributed by atoms with E-state index >= 15 is 0 Å². The summed E-state index contributed by atoms with van der Waals surface area (Å²) in [5.41, 5.74) is 2.85. The van der Waals surface area contributed by atoms with Crippen molar-refractivity contribution in [2.45, 2.75) is 13.3 Å². The van der Waals surface area contributed by atoms with Crippen molar-refractivity contribution in [3.05, 3.63) is 49.0 Å². The highest BCUT2D eigenvalue weighted by molar-refractivity contribution is 9.12. The maximum Gasteiger partial charge on any atom is 0.260 e. The van der Waals surface area contributed by atoms with Gasteiger partial charge in [0.25, 0.3) is 5.91 Å². The van der Waals surface area contributed by atoms with Crippen LogP contribution in [0.3, 0.4) is 0 Å². The molecular formula is C14H13Br2NOS. The van der Waals surface area contributed by atoms with Gasteiger partial charge in [0.2, 0.25) is 0 Å². The lowest BCUT2D eigenvalue weighted by Gasteiger charge is -2.17. The lowest BCUT2D eigenvalue weighted by Crippen LogP contribution is -2.26. The lowest BCUT2D eigenvalue weighted by atomic mass is 10.1. The van der Waals surface area contributed by atoms with Crippen LogP contribution < -0.4 is 4.90 Å². The Bertz CT molecular complexity index is 592. The van der Waals surface area contributed by atoms with Crippen LogP contribution in [0.4, 0.5) is 5.69 Å². The second-order valence-electron chi connectivity index (χ2n) is 4.12. The molecule has 0 N–H and O–H groups in total. The number of aryl methyl sites for hydroxylation is 1. The van der Waals surface area contributed by atoms with Crippen LogP contribution in [0.1, 0.15) is 22.8 Å². The van der Waals surface area contributed by atoms with Crippen LogP contribution >= 0.6 is 43.2 Å². The van der Waals surface area contributed by atoms with Gasteiger partial charge < -0.3 is 4.90 Å². The molecule has 0 spiro atoms. The predicted molar refractivity (Wildman–Crippen MR) is 88.3 cm³/mol. The highest BCUT2D eigenvalue weighted by Crippen LogP contribution is 2.33. The minimum absolute atomic E-state index is 0.0157. The third-order valence-electron chi connectivity index (χ3n) is 2.92. The van der Waals surface area contributed by atoms with Crippen LogP contribution in [0.5, 0.6) is 0 Å². The van der Waals surface area contributed by atoms with E-state index in [1.165, 1.54) is 16.9 Å². The summed E-state index contributed by atoms with van der Waals surface area (Å²) < 4.78 is 1.79. The first kappa shape index (κ1) is 14.8. The topological polar surface area (TPSA) is 20.3 Å².